The SMILES string of the molecule is [B]c1cccc2c1Sc1c([B])cccc1S2. The summed E-state index contributed by atoms with van der Waals surface area (Å²) in [5.41, 5.74) is 1.65. The van der Waals surface area contributed by atoms with Gasteiger partial charge in [0.15, 0.2) is 0 Å². The van der Waals surface area contributed by atoms with Crippen molar-refractivity contribution in [3.63, 3.8) is 0 Å². The van der Waals surface area contributed by atoms with Crippen LogP contribution in [-0.4, -0.2) is 15.7 Å². The zero-order chi connectivity index (χ0) is 11.1. The summed E-state index contributed by atoms with van der Waals surface area (Å²) in [7, 11) is 11.9. The smallest absolute Gasteiger partial charge is 0.0890 e. The number of rotatable bonds is 0. The molecular weight excluding hydrogens is 230 g/mol. The fourth-order valence-electron chi connectivity index (χ4n) is 1.67. The van der Waals surface area contributed by atoms with Gasteiger partial charge in [-0.15, -0.1) is 0 Å². The zero-order valence-corrected chi connectivity index (χ0v) is 10.1. The van der Waals surface area contributed by atoms with Crippen molar-refractivity contribution < 1.29 is 0 Å². The van der Waals surface area contributed by atoms with Crippen molar-refractivity contribution in [1.82, 2.24) is 0 Å². The van der Waals surface area contributed by atoms with Gasteiger partial charge in [0.05, 0.1) is 0 Å². The maximum atomic E-state index is 5.97. The van der Waals surface area contributed by atoms with Gasteiger partial charge in [0, 0.05) is 19.6 Å². The van der Waals surface area contributed by atoms with Crippen LogP contribution in [0.3, 0.4) is 0 Å². The van der Waals surface area contributed by atoms with Crippen LogP contribution < -0.4 is 10.9 Å². The Bertz CT molecular complexity index is 517. The van der Waals surface area contributed by atoms with Crippen molar-refractivity contribution in [2.75, 3.05) is 0 Å². The topological polar surface area (TPSA) is 0 Å². The first-order valence-corrected chi connectivity index (χ1v) is 6.51. The molecule has 0 saturated heterocycles. The van der Waals surface area contributed by atoms with Crippen LogP contribution in [-0.2, 0) is 0 Å². The van der Waals surface area contributed by atoms with Crippen molar-refractivity contribution >= 4 is 50.1 Å². The zero-order valence-electron chi connectivity index (χ0n) is 8.44. The highest BCUT2D eigenvalue weighted by atomic mass is 32.2. The van der Waals surface area contributed by atoms with E-state index >= 15 is 0 Å². The standard InChI is InChI=1S/C12H6B2S2/c13-7-3-1-5-9-11(7)16-12-8(14)4-2-6-10(12)15-9/h1-6H. The van der Waals surface area contributed by atoms with E-state index in [4.69, 9.17) is 15.7 Å². The molecule has 0 atom stereocenters. The summed E-state index contributed by atoms with van der Waals surface area (Å²) < 4.78 is 0. The number of fused-ring (bicyclic) bond motifs is 2. The normalized spacial score (nSPS) is 13.0. The van der Waals surface area contributed by atoms with Gasteiger partial charge in [0.25, 0.3) is 0 Å². The first-order chi connectivity index (χ1) is 7.75. The molecule has 2 aromatic rings. The molecule has 0 N–H and O–H groups in total. The van der Waals surface area contributed by atoms with Crippen LogP contribution >= 0.6 is 23.5 Å². The Morgan fingerprint density at radius 1 is 0.688 bits per heavy atom. The molecule has 0 fully saturated rings. The van der Waals surface area contributed by atoms with Crippen molar-refractivity contribution in [1.29, 1.82) is 0 Å². The number of hydrogen-bond acceptors (Lipinski definition) is 2. The largest absolute Gasteiger partial charge is 0.115 e. The van der Waals surface area contributed by atoms with Gasteiger partial charge in [-0.2, -0.15) is 0 Å². The highest BCUT2D eigenvalue weighted by Crippen LogP contribution is 2.46. The molecule has 1 heterocycles. The molecule has 0 nitrogen and oxygen atoms in total. The summed E-state index contributed by atoms with van der Waals surface area (Å²) in [6.45, 7) is 0. The van der Waals surface area contributed by atoms with Crippen molar-refractivity contribution in [3.05, 3.63) is 36.4 Å². The first-order valence-electron chi connectivity index (χ1n) is 4.88. The Labute approximate surface area is 106 Å². The summed E-state index contributed by atoms with van der Waals surface area (Å²) in [6.07, 6.45) is 0. The fourth-order valence-corrected chi connectivity index (χ4v) is 4.03. The van der Waals surface area contributed by atoms with Crippen molar-refractivity contribution in [2.45, 2.75) is 19.6 Å². The second-order valence-corrected chi connectivity index (χ2v) is 5.66. The summed E-state index contributed by atoms with van der Waals surface area (Å²) >= 11 is 3.39. The van der Waals surface area contributed by atoms with E-state index in [-0.39, 0.29) is 0 Å². The lowest BCUT2D eigenvalue weighted by Crippen LogP contribution is -2.13. The molecule has 1 aliphatic rings. The average Bonchev–Trinajstić information content (AvgIpc) is 2.28. The van der Waals surface area contributed by atoms with Gasteiger partial charge in [0.2, 0.25) is 0 Å². The lowest BCUT2D eigenvalue weighted by atomic mass is 9.96. The minimum absolute atomic E-state index is 0.823. The highest BCUT2D eigenvalue weighted by Gasteiger charge is 2.18. The average molecular weight is 236 g/mol. The van der Waals surface area contributed by atoms with E-state index in [0.29, 0.717) is 0 Å². The summed E-state index contributed by atoms with van der Waals surface area (Å²) in [5, 5.41) is 0. The summed E-state index contributed by atoms with van der Waals surface area (Å²) in [5.74, 6) is 0. The quantitative estimate of drug-likeness (QED) is 0.546. The van der Waals surface area contributed by atoms with Crippen LogP contribution in [0.1, 0.15) is 0 Å². The molecular formula is C12H6B2S2. The van der Waals surface area contributed by atoms with E-state index in [2.05, 4.69) is 12.1 Å². The first kappa shape index (κ1) is 10.4. The molecule has 0 bridgehead atoms. The van der Waals surface area contributed by atoms with E-state index in [9.17, 15) is 0 Å². The second kappa shape index (κ2) is 3.94. The minimum atomic E-state index is 0.823. The van der Waals surface area contributed by atoms with Gasteiger partial charge >= 0.3 is 0 Å². The number of benzene rings is 2. The molecule has 3 rings (SSSR count). The predicted molar refractivity (Wildman–Crippen MR) is 71.9 cm³/mol. The Morgan fingerprint density at radius 2 is 1.19 bits per heavy atom. The van der Waals surface area contributed by atoms with Crippen LogP contribution in [0.25, 0.3) is 0 Å². The molecule has 16 heavy (non-hydrogen) atoms. The van der Waals surface area contributed by atoms with Gasteiger partial charge in [-0.25, -0.2) is 0 Å². The molecule has 4 heteroatoms. The van der Waals surface area contributed by atoms with Crippen LogP contribution in [0.5, 0.6) is 0 Å². The molecule has 0 amide bonds. The summed E-state index contributed by atoms with van der Waals surface area (Å²) in [4.78, 5) is 4.67. The highest BCUT2D eigenvalue weighted by molar-refractivity contribution is 8.05. The Hall–Kier alpha value is -0.730. The fraction of sp³-hybridized carbons (Fsp3) is 0. The molecule has 0 spiro atoms. The van der Waals surface area contributed by atoms with E-state index in [1.807, 2.05) is 24.3 Å². The molecule has 1 aliphatic heterocycles. The molecule has 2 aromatic carbocycles. The van der Waals surface area contributed by atoms with Crippen LogP contribution in [0.2, 0.25) is 0 Å². The molecule has 0 aliphatic carbocycles. The Kier molecular flexibility index (Phi) is 2.56. The Balaban J connectivity index is 2.17. The maximum absolute atomic E-state index is 5.97. The van der Waals surface area contributed by atoms with Crippen molar-refractivity contribution in [2.24, 2.45) is 0 Å². The van der Waals surface area contributed by atoms with Crippen LogP contribution in [0.15, 0.2) is 56.0 Å². The lowest BCUT2D eigenvalue weighted by molar-refractivity contribution is 1.19. The van der Waals surface area contributed by atoms with E-state index in [0.717, 1.165) is 20.7 Å². The van der Waals surface area contributed by atoms with Crippen LogP contribution in [0.4, 0.5) is 0 Å². The van der Waals surface area contributed by atoms with Gasteiger partial charge in [-0.05, 0) is 12.1 Å². The molecule has 72 valence electrons. The molecule has 0 aromatic heterocycles. The van der Waals surface area contributed by atoms with E-state index < -0.39 is 0 Å². The monoisotopic (exact) mass is 236 g/mol. The summed E-state index contributed by atoms with van der Waals surface area (Å²) in [6, 6.07) is 12.0. The van der Waals surface area contributed by atoms with E-state index in [1.54, 1.807) is 23.5 Å². The predicted octanol–water partition coefficient (Wildman–Crippen LogP) is 1.89. The van der Waals surface area contributed by atoms with E-state index in [1.165, 1.54) is 9.79 Å². The lowest BCUT2D eigenvalue weighted by Gasteiger charge is -2.21. The third-order valence-corrected chi connectivity index (χ3v) is 5.14. The molecule has 0 saturated carbocycles. The van der Waals surface area contributed by atoms with Gasteiger partial charge < -0.3 is 0 Å². The van der Waals surface area contributed by atoms with Crippen LogP contribution in [0, 0.1) is 0 Å². The third-order valence-electron chi connectivity index (χ3n) is 2.44. The number of hydrogen-bond donors (Lipinski definition) is 0. The maximum Gasteiger partial charge on any atom is 0.115 e. The van der Waals surface area contributed by atoms with Crippen molar-refractivity contribution in [3.8, 4) is 0 Å². The Morgan fingerprint density at radius 3 is 1.69 bits per heavy atom. The second-order valence-electron chi connectivity index (χ2n) is 3.55. The van der Waals surface area contributed by atoms with Gasteiger partial charge in [-0.1, -0.05) is 58.7 Å². The van der Waals surface area contributed by atoms with Gasteiger partial charge in [-0.3, -0.25) is 0 Å². The van der Waals surface area contributed by atoms with Gasteiger partial charge in [0.1, 0.15) is 15.7 Å². The third kappa shape index (κ3) is 1.61. The molecule has 0 unspecified atom stereocenters. The minimum Gasteiger partial charge on any atom is -0.0890 e. The molecule has 4 radical (unpaired) electrons.